The van der Waals surface area contributed by atoms with Crippen LogP contribution in [0.5, 0.6) is 0 Å². The molecule has 1 aromatic heterocycles. The molecule has 18 heavy (non-hydrogen) atoms. The average molecular weight is 285 g/mol. The van der Waals surface area contributed by atoms with Gasteiger partial charge in [-0.3, -0.25) is 4.21 Å². The number of hydrogen-bond acceptors (Lipinski definition) is 2. The molecule has 0 aliphatic rings. The van der Waals surface area contributed by atoms with Crippen LogP contribution in [0, 0.1) is 0 Å². The lowest BCUT2D eigenvalue weighted by Crippen LogP contribution is -2.12. The molecule has 0 amide bonds. The fraction of sp³-hybridized carbons (Fsp3) is 0.462. The van der Waals surface area contributed by atoms with Crippen molar-refractivity contribution in [1.82, 2.24) is 9.55 Å². The van der Waals surface area contributed by atoms with Crippen molar-refractivity contribution in [1.29, 1.82) is 0 Å². The van der Waals surface area contributed by atoms with Crippen LogP contribution in [0.25, 0.3) is 11.0 Å². The van der Waals surface area contributed by atoms with E-state index in [1.165, 1.54) is 0 Å². The molecule has 0 N–H and O–H groups in total. The highest BCUT2D eigenvalue weighted by Crippen LogP contribution is 2.24. The van der Waals surface area contributed by atoms with Gasteiger partial charge in [0.25, 0.3) is 0 Å². The smallest absolute Gasteiger partial charge is 0.127 e. The molecule has 0 fully saturated rings. The minimum atomic E-state index is -0.768. The van der Waals surface area contributed by atoms with E-state index < -0.39 is 10.8 Å². The van der Waals surface area contributed by atoms with Crippen LogP contribution in [0.3, 0.4) is 0 Å². The average Bonchev–Trinajstić information content (AvgIpc) is 2.75. The maximum Gasteiger partial charge on any atom is 0.127 e. The maximum atomic E-state index is 11.6. The number of para-hydroxylation sites is 2. The maximum absolute atomic E-state index is 11.6. The number of aromatic nitrogens is 2. The number of hydrogen-bond donors (Lipinski definition) is 0. The fourth-order valence-electron chi connectivity index (χ4n) is 1.97. The highest BCUT2D eigenvalue weighted by Gasteiger charge is 2.14. The number of imidazole rings is 1. The van der Waals surface area contributed by atoms with Crippen molar-refractivity contribution in [3.05, 3.63) is 30.1 Å². The Balaban J connectivity index is 2.39. The van der Waals surface area contributed by atoms with Gasteiger partial charge in [-0.2, -0.15) is 0 Å². The van der Waals surface area contributed by atoms with Gasteiger partial charge in [0, 0.05) is 28.9 Å². The highest BCUT2D eigenvalue weighted by molar-refractivity contribution is 7.84. The Morgan fingerprint density at radius 1 is 1.44 bits per heavy atom. The van der Waals surface area contributed by atoms with Gasteiger partial charge in [0.05, 0.1) is 16.4 Å². The summed E-state index contributed by atoms with van der Waals surface area (Å²) < 4.78 is 13.7. The molecule has 98 valence electrons. The summed E-state index contributed by atoms with van der Waals surface area (Å²) in [6, 6.07) is 7.96. The lowest BCUT2D eigenvalue weighted by Gasteiger charge is -2.09. The number of halogens is 1. The summed E-state index contributed by atoms with van der Waals surface area (Å²) >= 11 is 6.17. The Bertz CT molecular complexity index is 565. The van der Waals surface area contributed by atoms with Crippen LogP contribution in [0.15, 0.2) is 24.3 Å². The molecule has 0 spiro atoms. The predicted molar refractivity (Wildman–Crippen MR) is 77.6 cm³/mol. The summed E-state index contributed by atoms with van der Waals surface area (Å²) in [6.07, 6.45) is 0. The molecular weight excluding hydrogens is 268 g/mol. The molecule has 1 heterocycles. The van der Waals surface area contributed by atoms with Crippen molar-refractivity contribution in [3.63, 3.8) is 0 Å². The van der Waals surface area contributed by atoms with Gasteiger partial charge in [-0.05, 0) is 19.1 Å². The van der Waals surface area contributed by atoms with Gasteiger partial charge >= 0.3 is 0 Å². The quantitative estimate of drug-likeness (QED) is 0.791. The third-order valence-corrected chi connectivity index (χ3v) is 4.38. The van der Waals surface area contributed by atoms with Gasteiger partial charge < -0.3 is 4.57 Å². The largest absolute Gasteiger partial charge is 0.326 e. The van der Waals surface area contributed by atoms with Crippen LogP contribution in [0.1, 0.15) is 25.0 Å². The summed E-state index contributed by atoms with van der Waals surface area (Å²) in [5, 5.41) is -0.146. The van der Waals surface area contributed by atoms with Crippen LogP contribution in [0.2, 0.25) is 0 Å². The second kappa shape index (κ2) is 5.85. The van der Waals surface area contributed by atoms with Crippen molar-refractivity contribution in [2.24, 2.45) is 0 Å². The Hall–Kier alpha value is -0.870. The molecule has 0 aliphatic heterocycles. The minimum absolute atomic E-state index is 0.146. The Morgan fingerprint density at radius 2 is 2.17 bits per heavy atom. The van der Waals surface area contributed by atoms with Crippen LogP contribution in [0.4, 0.5) is 0 Å². The molecule has 0 aliphatic carbocycles. The van der Waals surface area contributed by atoms with Crippen LogP contribution in [-0.2, 0) is 17.3 Å². The van der Waals surface area contributed by atoms with E-state index in [0.717, 1.165) is 16.9 Å². The summed E-state index contributed by atoms with van der Waals surface area (Å²) in [7, 11) is -0.768. The van der Waals surface area contributed by atoms with Crippen molar-refractivity contribution in [3.8, 4) is 0 Å². The minimum Gasteiger partial charge on any atom is -0.326 e. The highest BCUT2D eigenvalue weighted by atomic mass is 35.5. The first-order valence-corrected chi connectivity index (χ1v) is 8.00. The van der Waals surface area contributed by atoms with Crippen LogP contribution < -0.4 is 0 Å². The Labute approximate surface area is 115 Å². The first-order valence-electron chi connectivity index (χ1n) is 6.07. The number of alkyl halides is 1. The zero-order valence-electron chi connectivity index (χ0n) is 10.6. The number of nitrogens with zero attached hydrogens (tertiary/aromatic N) is 2. The molecule has 3 nitrogen and oxygen atoms in total. The lowest BCUT2D eigenvalue weighted by molar-refractivity contribution is 0.669. The molecule has 5 heteroatoms. The normalized spacial score (nSPS) is 14.8. The van der Waals surface area contributed by atoms with Gasteiger partial charge in [-0.25, -0.2) is 4.98 Å². The molecule has 0 radical (unpaired) electrons. The molecule has 2 unspecified atom stereocenters. The van der Waals surface area contributed by atoms with Crippen molar-refractivity contribution < 1.29 is 4.21 Å². The third kappa shape index (κ3) is 2.75. The van der Waals surface area contributed by atoms with Gasteiger partial charge in [-0.1, -0.05) is 19.1 Å². The fourth-order valence-corrected chi connectivity index (χ4v) is 2.81. The zero-order chi connectivity index (χ0) is 13.1. The zero-order valence-corrected chi connectivity index (χ0v) is 12.2. The van der Waals surface area contributed by atoms with Gasteiger partial charge in [-0.15, -0.1) is 11.6 Å². The molecule has 2 aromatic rings. The van der Waals surface area contributed by atoms with Crippen LogP contribution in [-0.4, -0.2) is 25.3 Å². The second-order valence-electron chi connectivity index (χ2n) is 4.16. The van der Waals surface area contributed by atoms with E-state index in [-0.39, 0.29) is 5.38 Å². The molecule has 0 saturated heterocycles. The summed E-state index contributed by atoms with van der Waals surface area (Å²) in [4.78, 5) is 4.55. The van der Waals surface area contributed by atoms with Crippen molar-refractivity contribution in [2.75, 3.05) is 11.5 Å². The van der Waals surface area contributed by atoms with Crippen molar-refractivity contribution in [2.45, 2.75) is 25.8 Å². The van der Waals surface area contributed by atoms with E-state index in [9.17, 15) is 4.21 Å². The van der Waals surface area contributed by atoms with Gasteiger partial charge in [0.15, 0.2) is 0 Å². The topological polar surface area (TPSA) is 34.9 Å². The number of benzene rings is 1. The van der Waals surface area contributed by atoms with E-state index >= 15 is 0 Å². The lowest BCUT2D eigenvalue weighted by atomic mass is 10.3. The third-order valence-electron chi connectivity index (χ3n) is 2.90. The standard InChI is InChI=1S/C13H17ClN2OS/c1-3-18(17)9-8-16-12-7-5-4-6-11(12)15-13(16)10(2)14/h4-7,10H,3,8-9H2,1-2H3. The molecular formula is C13H17ClN2OS. The second-order valence-corrected chi connectivity index (χ2v) is 6.68. The Kier molecular flexibility index (Phi) is 4.40. The SMILES string of the molecule is CCS(=O)CCn1c(C(C)Cl)nc2ccccc21. The molecule has 1 aromatic carbocycles. The number of fused-ring (bicyclic) bond motifs is 1. The summed E-state index contributed by atoms with van der Waals surface area (Å²) in [5.74, 6) is 2.19. The first kappa shape index (κ1) is 13.6. The van der Waals surface area contributed by atoms with Gasteiger partial charge in [0.2, 0.25) is 0 Å². The van der Waals surface area contributed by atoms with Crippen molar-refractivity contribution >= 4 is 33.4 Å². The van der Waals surface area contributed by atoms with E-state index in [2.05, 4.69) is 9.55 Å². The number of rotatable bonds is 5. The Morgan fingerprint density at radius 3 is 2.83 bits per heavy atom. The van der Waals surface area contributed by atoms with E-state index in [4.69, 9.17) is 11.6 Å². The predicted octanol–water partition coefficient (Wildman–Crippen LogP) is 3.10. The first-order chi connectivity index (χ1) is 8.63. The van der Waals surface area contributed by atoms with Gasteiger partial charge in [0.1, 0.15) is 5.82 Å². The monoisotopic (exact) mass is 284 g/mol. The molecule has 2 rings (SSSR count). The van der Waals surface area contributed by atoms with Crippen LogP contribution >= 0.6 is 11.6 Å². The van der Waals surface area contributed by atoms with E-state index in [1.54, 1.807) is 0 Å². The molecule has 0 bridgehead atoms. The summed E-state index contributed by atoms with van der Waals surface area (Å²) in [5.41, 5.74) is 2.01. The summed E-state index contributed by atoms with van der Waals surface area (Å²) in [6.45, 7) is 4.55. The number of aryl methyl sites for hydroxylation is 1. The van der Waals surface area contributed by atoms with E-state index in [1.807, 2.05) is 38.1 Å². The van der Waals surface area contributed by atoms with E-state index in [0.29, 0.717) is 18.1 Å². The molecule has 0 saturated carbocycles. The molecule has 2 atom stereocenters.